The number of aldehydes is 1. The van der Waals surface area contributed by atoms with Gasteiger partial charge in [-0.1, -0.05) is 62.7 Å². The molecule has 1 aliphatic heterocycles. The summed E-state index contributed by atoms with van der Waals surface area (Å²) in [7, 11) is 0. The number of ether oxygens (including phenoxy) is 1. The van der Waals surface area contributed by atoms with E-state index in [2.05, 4.69) is 0 Å². The Bertz CT molecular complexity index is 826. The third-order valence-electron chi connectivity index (χ3n) is 5.89. The second-order valence-electron chi connectivity index (χ2n) is 7.84. The van der Waals surface area contributed by atoms with Crippen LogP contribution in [0, 0.1) is 17.7 Å². The molecular formula is C24H28FNO3. The molecule has 1 fully saturated rings. The molecule has 0 saturated carbocycles. The zero-order chi connectivity index (χ0) is 20.8. The monoisotopic (exact) mass is 397 g/mol. The molecule has 0 N–H and O–H groups in total. The Hall–Kier alpha value is -2.53. The van der Waals surface area contributed by atoms with E-state index in [1.807, 2.05) is 55.1 Å². The molecule has 0 aromatic heterocycles. The second kappa shape index (κ2) is 9.79. The molecule has 29 heavy (non-hydrogen) atoms. The number of hydrogen-bond donors (Lipinski definition) is 0. The van der Waals surface area contributed by atoms with Crippen molar-refractivity contribution in [2.45, 2.75) is 38.8 Å². The van der Waals surface area contributed by atoms with Crippen LogP contribution in [0.25, 0.3) is 0 Å². The highest BCUT2D eigenvalue weighted by Gasteiger charge is 2.41. The number of carbonyl (C=O) groups is 2. The number of carbonyl (C=O) groups excluding carboxylic acids is 2. The van der Waals surface area contributed by atoms with Crippen LogP contribution in [0.4, 0.5) is 4.39 Å². The Balaban J connectivity index is 1.76. The highest BCUT2D eigenvalue weighted by atomic mass is 19.1. The Morgan fingerprint density at radius 1 is 1.21 bits per heavy atom. The molecule has 1 heterocycles. The molecule has 154 valence electrons. The maximum Gasteiger partial charge on any atom is 0.323 e. The number of rotatable bonds is 8. The van der Waals surface area contributed by atoms with E-state index in [-0.39, 0.29) is 36.1 Å². The summed E-state index contributed by atoms with van der Waals surface area (Å²) in [4.78, 5) is 26.7. The normalized spacial score (nSPS) is 21.5. The average Bonchev–Trinajstić information content (AvgIpc) is 3.17. The van der Waals surface area contributed by atoms with Gasteiger partial charge in [-0.3, -0.25) is 9.69 Å². The van der Waals surface area contributed by atoms with E-state index in [4.69, 9.17) is 4.74 Å². The maximum atomic E-state index is 13.7. The van der Waals surface area contributed by atoms with Gasteiger partial charge in [-0.2, -0.15) is 0 Å². The topological polar surface area (TPSA) is 46.6 Å². The van der Waals surface area contributed by atoms with E-state index in [9.17, 15) is 14.0 Å². The van der Waals surface area contributed by atoms with E-state index in [0.29, 0.717) is 13.1 Å². The van der Waals surface area contributed by atoms with Crippen molar-refractivity contribution >= 4 is 12.3 Å². The van der Waals surface area contributed by atoms with E-state index < -0.39 is 6.04 Å². The summed E-state index contributed by atoms with van der Waals surface area (Å²) in [5.74, 6) is -0.905. The van der Waals surface area contributed by atoms with Gasteiger partial charge < -0.3 is 9.53 Å². The van der Waals surface area contributed by atoms with E-state index >= 15 is 0 Å². The van der Waals surface area contributed by atoms with Crippen molar-refractivity contribution < 1.29 is 18.7 Å². The number of nitrogens with zero attached hydrogens (tertiary/aromatic N) is 1. The summed E-state index contributed by atoms with van der Waals surface area (Å²) in [6.45, 7) is 5.30. The number of hydrogen-bond acceptors (Lipinski definition) is 4. The fourth-order valence-corrected chi connectivity index (χ4v) is 4.09. The molecule has 2 aromatic carbocycles. The van der Waals surface area contributed by atoms with Crippen LogP contribution < -0.4 is 0 Å². The Kier molecular flexibility index (Phi) is 7.15. The lowest BCUT2D eigenvalue weighted by Crippen LogP contribution is -2.45. The predicted octanol–water partition coefficient (Wildman–Crippen LogP) is 4.20. The maximum absolute atomic E-state index is 13.7. The highest BCUT2D eigenvalue weighted by Crippen LogP contribution is 2.35. The predicted molar refractivity (Wildman–Crippen MR) is 110 cm³/mol. The zero-order valence-corrected chi connectivity index (χ0v) is 17.0. The number of halogens is 1. The molecular weight excluding hydrogens is 369 g/mol. The van der Waals surface area contributed by atoms with Crippen molar-refractivity contribution in [3.8, 4) is 0 Å². The summed E-state index contributed by atoms with van der Waals surface area (Å²) in [6, 6.07) is 15.5. The lowest BCUT2D eigenvalue weighted by Gasteiger charge is -2.30. The summed E-state index contributed by atoms with van der Waals surface area (Å²) in [5, 5.41) is 0. The molecule has 1 saturated heterocycles. The molecule has 4 atom stereocenters. The molecule has 1 aliphatic rings. The molecule has 0 spiro atoms. The third kappa shape index (κ3) is 5.10. The van der Waals surface area contributed by atoms with Crippen LogP contribution in [0.15, 0.2) is 54.6 Å². The van der Waals surface area contributed by atoms with Gasteiger partial charge in [0.05, 0.1) is 0 Å². The average molecular weight is 397 g/mol. The van der Waals surface area contributed by atoms with Crippen molar-refractivity contribution in [2.24, 2.45) is 11.8 Å². The molecule has 3 rings (SSSR count). The number of likely N-dealkylation sites (tertiary alicyclic amines) is 1. The Morgan fingerprint density at radius 2 is 1.97 bits per heavy atom. The molecule has 0 bridgehead atoms. The van der Waals surface area contributed by atoms with Gasteiger partial charge >= 0.3 is 5.97 Å². The lowest BCUT2D eigenvalue weighted by atomic mass is 9.90. The first kappa shape index (κ1) is 21.2. The summed E-state index contributed by atoms with van der Waals surface area (Å²) in [5.41, 5.74) is 1.73. The quantitative estimate of drug-likeness (QED) is 0.495. The third-order valence-corrected chi connectivity index (χ3v) is 5.89. The van der Waals surface area contributed by atoms with Crippen molar-refractivity contribution in [1.29, 1.82) is 0 Å². The van der Waals surface area contributed by atoms with Crippen LogP contribution in [0.1, 0.15) is 37.3 Å². The van der Waals surface area contributed by atoms with Crippen LogP contribution in [-0.4, -0.2) is 36.3 Å². The Morgan fingerprint density at radius 3 is 2.62 bits per heavy atom. The van der Waals surface area contributed by atoms with Crippen molar-refractivity contribution in [3.05, 3.63) is 71.5 Å². The van der Waals surface area contributed by atoms with Crippen LogP contribution in [0.3, 0.4) is 0 Å². The van der Waals surface area contributed by atoms with Gasteiger partial charge in [-0.25, -0.2) is 4.39 Å². The van der Waals surface area contributed by atoms with Gasteiger partial charge in [0.1, 0.15) is 24.8 Å². The first-order chi connectivity index (χ1) is 14.0. The van der Waals surface area contributed by atoms with Crippen molar-refractivity contribution in [2.75, 3.05) is 13.1 Å². The minimum absolute atomic E-state index is 0.0804. The first-order valence-corrected chi connectivity index (χ1v) is 10.2. The van der Waals surface area contributed by atoms with E-state index in [1.165, 1.54) is 12.1 Å². The number of esters is 1. The zero-order valence-electron chi connectivity index (χ0n) is 17.0. The highest BCUT2D eigenvalue weighted by molar-refractivity contribution is 5.76. The fourth-order valence-electron chi connectivity index (χ4n) is 4.09. The van der Waals surface area contributed by atoms with Gasteiger partial charge in [0.15, 0.2) is 0 Å². The van der Waals surface area contributed by atoms with Gasteiger partial charge in [-0.05, 0) is 29.2 Å². The minimum atomic E-state index is -0.426. The van der Waals surface area contributed by atoms with E-state index in [1.54, 1.807) is 6.07 Å². The summed E-state index contributed by atoms with van der Waals surface area (Å²) < 4.78 is 19.3. The fraction of sp³-hybridized carbons (Fsp3) is 0.417. The lowest BCUT2D eigenvalue weighted by molar-refractivity contribution is -0.153. The summed E-state index contributed by atoms with van der Waals surface area (Å²) >= 11 is 0. The second-order valence-corrected chi connectivity index (χ2v) is 7.84. The molecule has 0 unspecified atom stereocenters. The van der Waals surface area contributed by atoms with Crippen LogP contribution in [-0.2, 0) is 20.9 Å². The molecule has 0 amide bonds. The first-order valence-electron chi connectivity index (χ1n) is 10.2. The minimum Gasteiger partial charge on any atom is -0.460 e. The molecule has 0 radical (unpaired) electrons. The molecule has 0 aliphatic carbocycles. The largest absolute Gasteiger partial charge is 0.460 e. The Labute approximate surface area is 171 Å². The molecule has 2 aromatic rings. The van der Waals surface area contributed by atoms with E-state index in [0.717, 1.165) is 23.8 Å². The molecule has 5 heteroatoms. The van der Waals surface area contributed by atoms with Gasteiger partial charge in [0.25, 0.3) is 0 Å². The van der Waals surface area contributed by atoms with Crippen molar-refractivity contribution in [3.63, 3.8) is 0 Å². The SMILES string of the molecule is CC[C@@H](C)[C@H](C(=O)OCc1ccccc1)N1C[C@H](c2cccc(F)c2)[C@@H](C=O)C1. The smallest absolute Gasteiger partial charge is 0.323 e. The van der Waals surface area contributed by atoms with Crippen molar-refractivity contribution in [1.82, 2.24) is 4.90 Å². The molecule has 4 nitrogen and oxygen atoms in total. The van der Waals surface area contributed by atoms with Crippen LogP contribution >= 0.6 is 0 Å². The number of benzene rings is 2. The van der Waals surface area contributed by atoms with Crippen LogP contribution in [0.5, 0.6) is 0 Å². The summed E-state index contributed by atoms with van der Waals surface area (Å²) in [6.07, 6.45) is 1.75. The standard InChI is InChI=1S/C24H28FNO3/c1-3-17(2)23(24(28)29-16-18-8-5-4-6-9-18)26-13-20(15-27)22(14-26)19-10-7-11-21(25)12-19/h4-12,15,17,20,22-23H,3,13-14,16H2,1-2H3/t17-,20-,22-,23-/m1/s1. The van der Waals surface area contributed by atoms with Gasteiger partial charge in [0, 0.05) is 24.9 Å². The van der Waals surface area contributed by atoms with Gasteiger partial charge in [-0.15, -0.1) is 0 Å². The van der Waals surface area contributed by atoms with Crippen LogP contribution in [0.2, 0.25) is 0 Å². The van der Waals surface area contributed by atoms with Gasteiger partial charge in [0.2, 0.25) is 0 Å².